The Kier molecular flexibility index (Phi) is 5.70. The van der Waals surface area contributed by atoms with Crippen LogP contribution in [-0.2, 0) is 19.3 Å². The van der Waals surface area contributed by atoms with Crippen LogP contribution in [-0.4, -0.2) is 23.4 Å². The fraction of sp³-hybridized carbons (Fsp3) is 0.438. The third-order valence-electron chi connectivity index (χ3n) is 3.26. The van der Waals surface area contributed by atoms with Crippen LogP contribution in [0.1, 0.15) is 23.7 Å². The number of aromatic nitrogens is 2. The van der Waals surface area contributed by atoms with E-state index in [1.165, 1.54) is 16.2 Å². The van der Waals surface area contributed by atoms with Gasteiger partial charge < -0.3 is 10.1 Å². The number of nitrogens with zero attached hydrogens (tertiary/aromatic N) is 2. The molecular weight excluding hydrogens is 282 g/mol. The summed E-state index contributed by atoms with van der Waals surface area (Å²) in [5, 5.41) is 8.91. The molecule has 0 radical (unpaired) electrons. The zero-order valence-electron chi connectivity index (χ0n) is 13.1. The van der Waals surface area contributed by atoms with Gasteiger partial charge in [-0.25, -0.2) is 0 Å². The van der Waals surface area contributed by atoms with E-state index in [4.69, 9.17) is 4.74 Å². The second kappa shape index (κ2) is 7.52. The molecule has 4 nitrogen and oxygen atoms in total. The van der Waals surface area contributed by atoms with E-state index in [-0.39, 0.29) is 0 Å². The number of aryl methyl sites for hydroxylation is 2. The zero-order chi connectivity index (χ0) is 15.2. The first-order valence-corrected chi connectivity index (χ1v) is 8.12. The summed E-state index contributed by atoms with van der Waals surface area (Å²) in [4.78, 5) is 0. The predicted molar refractivity (Wildman–Crippen MR) is 87.9 cm³/mol. The van der Waals surface area contributed by atoms with Crippen molar-refractivity contribution in [2.24, 2.45) is 7.05 Å². The number of nitrogens with one attached hydrogen (secondary N) is 1. The van der Waals surface area contributed by atoms with Crippen LogP contribution in [0, 0.1) is 6.92 Å². The first-order valence-electron chi connectivity index (χ1n) is 7.14. The molecule has 1 N–H and O–H groups in total. The third-order valence-corrected chi connectivity index (χ3v) is 4.39. The van der Waals surface area contributed by atoms with Gasteiger partial charge in [0.25, 0.3) is 0 Å². The number of hydrogen-bond acceptors (Lipinski definition) is 4. The standard InChI is InChI=1S/C16H23N3OS/c1-5-17-10-13-6-7-15(20-4)14(9-13)11-21-16-8-12(2)18-19(16)3/h6-9,17H,5,10-11H2,1-4H3. The number of benzene rings is 1. The zero-order valence-corrected chi connectivity index (χ0v) is 14.0. The molecule has 0 saturated carbocycles. The largest absolute Gasteiger partial charge is 0.496 e. The molecule has 114 valence electrons. The molecule has 21 heavy (non-hydrogen) atoms. The van der Waals surface area contributed by atoms with E-state index in [1.54, 1.807) is 18.9 Å². The van der Waals surface area contributed by atoms with E-state index in [9.17, 15) is 0 Å². The maximum Gasteiger partial charge on any atom is 0.122 e. The van der Waals surface area contributed by atoms with Crippen molar-refractivity contribution in [3.8, 4) is 5.75 Å². The van der Waals surface area contributed by atoms with Crippen molar-refractivity contribution in [1.82, 2.24) is 15.1 Å². The fourth-order valence-corrected chi connectivity index (χ4v) is 3.21. The minimum atomic E-state index is 0.877. The molecule has 0 amide bonds. The van der Waals surface area contributed by atoms with Gasteiger partial charge in [-0.15, -0.1) is 11.8 Å². The number of methoxy groups -OCH3 is 1. The van der Waals surface area contributed by atoms with Gasteiger partial charge in [0.05, 0.1) is 17.8 Å². The van der Waals surface area contributed by atoms with Crippen LogP contribution in [0.5, 0.6) is 5.75 Å². The smallest absolute Gasteiger partial charge is 0.122 e. The second-order valence-electron chi connectivity index (χ2n) is 4.96. The molecule has 2 rings (SSSR count). The van der Waals surface area contributed by atoms with Gasteiger partial charge in [0.1, 0.15) is 5.75 Å². The maximum atomic E-state index is 5.47. The molecule has 0 fully saturated rings. The maximum absolute atomic E-state index is 5.47. The fourth-order valence-electron chi connectivity index (χ4n) is 2.20. The van der Waals surface area contributed by atoms with Crippen molar-refractivity contribution < 1.29 is 4.74 Å². The topological polar surface area (TPSA) is 39.1 Å². The minimum absolute atomic E-state index is 0.877. The molecule has 0 saturated heterocycles. The SMILES string of the molecule is CCNCc1ccc(OC)c(CSc2cc(C)nn2C)c1. The summed E-state index contributed by atoms with van der Waals surface area (Å²) in [7, 11) is 3.70. The number of ether oxygens (including phenoxy) is 1. The lowest BCUT2D eigenvalue weighted by molar-refractivity contribution is 0.411. The van der Waals surface area contributed by atoms with Crippen LogP contribution in [0.3, 0.4) is 0 Å². The monoisotopic (exact) mass is 305 g/mol. The highest BCUT2D eigenvalue weighted by Gasteiger charge is 2.08. The highest BCUT2D eigenvalue weighted by atomic mass is 32.2. The highest BCUT2D eigenvalue weighted by Crippen LogP contribution is 2.29. The summed E-state index contributed by atoms with van der Waals surface area (Å²) < 4.78 is 7.40. The molecule has 1 aromatic carbocycles. The van der Waals surface area contributed by atoms with Crippen LogP contribution in [0.15, 0.2) is 29.3 Å². The number of thioether (sulfide) groups is 1. The summed E-state index contributed by atoms with van der Waals surface area (Å²) in [5.74, 6) is 1.82. The molecule has 0 aliphatic carbocycles. The van der Waals surface area contributed by atoms with Gasteiger partial charge in [-0.05, 0) is 37.2 Å². The van der Waals surface area contributed by atoms with Gasteiger partial charge in [0, 0.05) is 24.9 Å². The summed E-state index contributed by atoms with van der Waals surface area (Å²) in [5.41, 5.74) is 3.55. The lowest BCUT2D eigenvalue weighted by Gasteiger charge is -2.11. The van der Waals surface area contributed by atoms with Crippen LogP contribution < -0.4 is 10.1 Å². The summed E-state index contributed by atoms with van der Waals surface area (Å²) in [6, 6.07) is 8.50. The average molecular weight is 305 g/mol. The quantitative estimate of drug-likeness (QED) is 0.798. The van der Waals surface area contributed by atoms with Gasteiger partial charge in [0.15, 0.2) is 0 Å². The van der Waals surface area contributed by atoms with Crippen molar-refractivity contribution >= 4 is 11.8 Å². The normalized spacial score (nSPS) is 10.9. The first-order chi connectivity index (χ1) is 10.1. The van der Waals surface area contributed by atoms with Crippen molar-refractivity contribution in [2.45, 2.75) is 31.2 Å². The molecule has 0 spiro atoms. The van der Waals surface area contributed by atoms with E-state index in [0.717, 1.165) is 30.3 Å². The van der Waals surface area contributed by atoms with E-state index < -0.39 is 0 Å². The average Bonchev–Trinajstić information content (AvgIpc) is 2.81. The summed E-state index contributed by atoms with van der Waals surface area (Å²) in [6.45, 7) is 6.00. The Morgan fingerprint density at radius 3 is 2.76 bits per heavy atom. The lowest BCUT2D eigenvalue weighted by atomic mass is 10.1. The van der Waals surface area contributed by atoms with Gasteiger partial charge in [-0.3, -0.25) is 4.68 Å². The van der Waals surface area contributed by atoms with Crippen LogP contribution in [0.4, 0.5) is 0 Å². The van der Waals surface area contributed by atoms with Crippen LogP contribution in [0.2, 0.25) is 0 Å². The molecule has 0 unspecified atom stereocenters. The van der Waals surface area contributed by atoms with Crippen molar-refractivity contribution in [1.29, 1.82) is 0 Å². The lowest BCUT2D eigenvalue weighted by Crippen LogP contribution is -2.11. The molecule has 2 aromatic rings. The Balaban J connectivity index is 2.11. The Bertz CT molecular complexity index is 595. The Labute approximate surface area is 130 Å². The molecule has 0 aliphatic rings. The Hall–Kier alpha value is -1.46. The van der Waals surface area contributed by atoms with Crippen LogP contribution >= 0.6 is 11.8 Å². The molecular formula is C16H23N3OS. The molecule has 1 heterocycles. The number of rotatable bonds is 7. The van der Waals surface area contributed by atoms with Gasteiger partial charge >= 0.3 is 0 Å². The van der Waals surface area contributed by atoms with E-state index in [2.05, 4.69) is 41.6 Å². The van der Waals surface area contributed by atoms with Crippen molar-refractivity contribution in [3.63, 3.8) is 0 Å². The Morgan fingerprint density at radius 2 is 2.14 bits per heavy atom. The predicted octanol–water partition coefficient (Wildman–Crippen LogP) is 3.14. The summed E-state index contributed by atoms with van der Waals surface area (Å²) >= 11 is 1.78. The van der Waals surface area contributed by atoms with Gasteiger partial charge in [0.2, 0.25) is 0 Å². The molecule has 1 aromatic heterocycles. The van der Waals surface area contributed by atoms with E-state index in [1.807, 2.05) is 18.7 Å². The van der Waals surface area contributed by atoms with Gasteiger partial charge in [-0.2, -0.15) is 5.10 Å². The molecule has 0 aliphatic heterocycles. The second-order valence-corrected chi connectivity index (χ2v) is 5.96. The Morgan fingerprint density at radius 1 is 1.33 bits per heavy atom. The molecule has 5 heteroatoms. The van der Waals surface area contributed by atoms with Crippen molar-refractivity contribution in [2.75, 3.05) is 13.7 Å². The van der Waals surface area contributed by atoms with Crippen molar-refractivity contribution in [3.05, 3.63) is 41.1 Å². The number of hydrogen-bond donors (Lipinski definition) is 1. The molecule has 0 atom stereocenters. The third kappa shape index (κ3) is 4.25. The van der Waals surface area contributed by atoms with Gasteiger partial charge in [-0.1, -0.05) is 13.0 Å². The highest BCUT2D eigenvalue weighted by molar-refractivity contribution is 7.98. The van der Waals surface area contributed by atoms with E-state index in [0.29, 0.717) is 0 Å². The molecule has 0 bridgehead atoms. The van der Waals surface area contributed by atoms with E-state index >= 15 is 0 Å². The first kappa shape index (κ1) is 15.9. The minimum Gasteiger partial charge on any atom is -0.496 e. The van der Waals surface area contributed by atoms with Crippen LogP contribution in [0.25, 0.3) is 0 Å². The summed E-state index contributed by atoms with van der Waals surface area (Å²) in [6.07, 6.45) is 0.